The van der Waals surface area contributed by atoms with E-state index in [9.17, 15) is 18.7 Å². The lowest BCUT2D eigenvalue weighted by atomic mass is 10.1. The minimum Gasteiger partial charge on any atom is -0.433 e. The normalized spacial score (nSPS) is 24.3. The quantitative estimate of drug-likeness (QED) is 0.894. The fourth-order valence-corrected chi connectivity index (χ4v) is 3.71. The smallest absolute Gasteiger partial charge is 0.387 e. The number of hydrogen-bond acceptors (Lipinski definition) is 4. The number of carbonyl (C=O) groups is 1. The fraction of sp³-hybridized carbons (Fsp3) is 0.562. The van der Waals surface area contributed by atoms with E-state index in [0.717, 1.165) is 19.4 Å². The summed E-state index contributed by atoms with van der Waals surface area (Å²) in [4.78, 5) is 16.8. The Morgan fingerprint density at radius 3 is 2.88 bits per heavy atom. The second kappa shape index (κ2) is 7.21. The van der Waals surface area contributed by atoms with Crippen molar-refractivity contribution in [3.05, 3.63) is 28.8 Å². The summed E-state index contributed by atoms with van der Waals surface area (Å²) in [6, 6.07) is 4.05. The molecule has 2 heterocycles. The second-order valence-electron chi connectivity index (χ2n) is 6.11. The molecule has 1 aromatic rings. The summed E-state index contributed by atoms with van der Waals surface area (Å²) in [6.45, 7) is -0.896. The number of fused-ring (bicyclic) bond motifs is 1. The van der Waals surface area contributed by atoms with E-state index in [-0.39, 0.29) is 29.3 Å². The number of amides is 1. The number of piperazine rings is 1. The van der Waals surface area contributed by atoms with Crippen molar-refractivity contribution < 1.29 is 23.4 Å². The molecule has 0 spiro atoms. The summed E-state index contributed by atoms with van der Waals surface area (Å²) in [6.07, 6.45) is 2.13. The minimum absolute atomic E-state index is 0.0406. The van der Waals surface area contributed by atoms with Gasteiger partial charge in [-0.2, -0.15) is 8.78 Å². The third kappa shape index (κ3) is 3.48. The number of aliphatic hydroxyl groups is 1. The van der Waals surface area contributed by atoms with Crippen LogP contribution in [0.25, 0.3) is 0 Å². The van der Waals surface area contributed by atoms with Crippen LogP contribution in [0.1, 0.15) is 23.2 Å². The predicted molar refractivity (Wildman–Crippen MR) is 84.6 cm³/mol. The van der Waals surface area contributed by atoms with Gasteiger partial charge in [0.25, 0.3) is 5.91 Å². The molecule has 8 heteroatoms. The lowest BCUT2D eigenvalue weighted by Gasteiger charge is -2.43. The number of rotatable bonds is 4. The Kier molecular flexibility index (Phi) is 5.22. The van der Waals surface area contributed by atoms with Gasteiger partial charge in [0.1, 0.15) is 5.75 Å². The van der Waals surface area contributed by atoms with Crippen molar-refractivity contribution in [2.24, 2.45) is 0 Å². The summed E-state index contributed by atoms with van der Waals surface area (Å²) < 4.78 is 28.9. The van der Waals surface area contributed by atoms with Gasteiger partial charge in [-0.15, -0.1) is 0 Å². The van der Waals surface area contributed by atoms with Crippen molar-refractivity contribution in [1.29, 1.82) is 0 Å². The van der Waals surface area contributed by atoms with Crippen molar-refractivity contribution in [2.45, 2.75) is 31.5 Å². The Labute approximate surface area is 143 Å². The third-order valence-electron chi connectivity index (χ3n) is 4.66. The average molecular weight is 361 g/mol. The number of alkyl halides is 2. The molecule has 0 aromatic heterocycles. The van der Waals surface area contributed by atoms with Crippen LogP contribution < -0.4 is 4.74 Å². The van der Waals surface area contributed by atoms with Gasteiger partial charge in [0, 0.05) is 24.7 Å². The molecule has 1 aromatic carbocycles. The maximum atomic E-state index is 12.8. The van der Waals surface area contributed by atoms with E-state index in [1.807, 2.05) is 0 Å². The summed E-state index contributed by atoms with van der Waals surface area (Å²) >= 11 is 5.93. The number of ether oxygens (including phenoxy) is 1. The van der Waals surface area contributed by atoms with E-state index in [4.69, 9.17) is 11.6 Å². The van der Waals surface area contributed by atoms with E-state index in [2.05, 4.69) is 9.64 Å². The van der Waals surface area contributed by atoms with Gasteiger partial charge < -0.3 is 14.7 Å². The van der Waals surface area contributed by atoms with Crippen LogP contribution in [0.4, 0.5) is 8.78 Å². The number of nitrogens with zero attached hydrogens (tertiary/aromatic N) is 2. The summed E-state index contributed by atoms with van der Waals surface area (Å²) in [5, 5.41) is 9.58. The monoisotopic (exact) mass is 360 g/mol. The summed E-state index contributed by atoms with van der Waals surface area (Å²) in [7, 11) is 0. The van der Waals surface area contributed by atoms with Crippen molar-refractivity contribution in [3.8, 4) is 5.75 Å². The zero-order valence-electron chi connectivity index (χ0n) is 13.0. The Balaban J connectivity index is 1.78. The molecule has 0 aliphatic carbocycles. The van der Waals surface area contributed by atoms with Gasteiger partial charge in [-0.3, -0.25) is 9.69 Å². The number of hydrogen-bond donors (Lipinski definition) is 1. The van der Waals surface area contributed by atoms with Crippen molar-refractivity contribution >= 4 is 17.5 Å². The fourth-order valence-electron chi connectivity index (χ4n) is 3.48. The minimum atomic E-state index is -2.97. The van der Waals surface area contributed by atoms with Gasteiger partial charge in [-0.05, 0) is 37.6 Å². The molecule has 0 unspecified atom stereocenters. The van der Waals surface area contributed by atoms with Crippen molar-refractivity contribution in [2.75, 3.05) is 26.2 Å². The van der Waals surface area contributed by atoms with E-state index >= 15 is 0 Å². The Bertz CT molecular complexity index is 617. The molecule has 2 atom stereocenters. The highest BCUT2D eigenvalue weighted by molar-refractivity contribution is 6.32. The molecule has 24 heavy (non-hydrogen) atoms. The molecule has 2 fully saturated rings. The molecule has 0 saturated carbocycles. The molecule has 2 aliphatic rings. The molecule has 2 saturated heterocycles. The van der Waals surface area contributed by atoms with Crippen LogP contribution in [0.2, 0.25) is 5.02 Å². The maximum absolute atomic E-state index is 12.8. The first-order chi connectivity index (χ1) is 11.5. The first-order valence-electron chi connectivity index (χ1n) is 7.90. The summed E-state index contributed by atoms with van der Waals surface area (Å²) in [5.41, 5.74) is 0.298. The van der Waals surface area contributed by atoms with Gasteiger partial charge in [0.2, 0.25) is 0 Å². The molecule has 1 amide bonds. The third-order valence-corrected chi connectivity index (χ3v) is 4.95. The van der Waals surface area contributed by atoms with Crippen molar-refractivity contribution in [3.63, 3.8) is 0 Å². The van der Waals surface area contributed by atoms with Crippen LogP contribution in [0, 0.1) is 0 Å². The molecule has 2 aliphatic heterocycles. The first kappa shape index (κ1) is 17.4. The molecule has 5 nitrogen and oxygen atoms in total. The van der Waals surface area contributed by atoms with Crippen LogP contribution in [0.3, 0.4) is 0 Å². The van der Waals surface area contributed by atoms with Crippen LogP contribution >= 0.6 is 11.6 Å². The zero-order chi connectivity index (χ0) is 17.3. The van der Waals surface area contributed by atoms with Gasteiger partial charge in [-0.1, -0.05) is 11.6 Å². The predicted octanol–water partition coefficient (Wildman–Crippen LogP) is 2.22. The molecular weight excluding hydrogens is 342 g/mol. The van der Waals surface area contributed by atoms with E-state index in [0.29, 0.717) is 24.7 Å². The molecule has 132 valence electrons. The highest BCUT2D eigenvalue weighted by atomic mass is 35.5. The van der Waals surface area contributed by atoms with Gasteiger partial charge in [-0.25, -0.2) is 0 Å². The number of aliphatic hydroxyl groups excluding tert-OH is 1. The van der Waals surface area contributed by atoms with Crippen LogP contribution in [0.15, 0.2) is 18.2 Å². The average Bonchev–Trinajstić information content (AvgIpc) is 3.01. The van der Waals surface area contributed by atoms with Crippen LogP contribution in [0.5, 0.6) is 5.75 Å². The topological polar surface area (TPSA) is 53.0 Å². The SMILES string of the molecule is O=C(c1ccc(OC(F)F)c(Cl)c1)N1C[C@@H]2CCCN2C[C@@H]1CO. The molecule has 0 bridgehead atoms. The van der Waals surface area contributed by atoms with Crippen LogP contribution in [-0.2, 0) is 0 Å². The molecule has 3 rings (SSSR count). The lowest BCUT2D eigenvalue weighted by molar-refractivity contribution is -0.0497. The summed E-state index contributed by atoms with van der Waals surface area (Å²) in [5.74, 6) is -0.423. The Morgan fingerprint density at radius 1 is 1.42 bits per heavy atom. The number of halogens is 3. The molecular formula is C16H19ClF2N2O3. The molecule has 1 N–H and O–H groups in total. The Hall–Kier alpha value is -1.44. The van der Waals surface area contributed by atoms with Gasteiger partial charge in [0.15, 0.2) is 0 Å². The van der Waals surface area contributed by atoms with Crippen LogP contribution in [-0.4, -0.2) is 65.7 Å². The van der Waals surface area contributed by atoms with E-state index in [1.165, 1.54) is 18.2 Å². The standard InChI is InChI=1S/C16H19ClF2N2O3/c17-13-6-10(3-4-14(13)24-16(18)19)15(23)21-8-11-2-1-5-20(11)7-12(21)9-22/h3-4,6,11-12,16,22H,1-2,5,7-9H2/t11-,12+/m0/s1. The highest BCUT2D eigenvalue weighted by Gasteiger charge is 2.38. The zero-order valence-corrected chi connectivity index (χ0v) is 13.8. The first-order valence-corrected chi connectivity index (χ1v) is 8.27. The van der Waals surface area contributed by atoms with E-state index < -0.39 is 6.61 Å². The largest absolute Gasteiger partial charge is 0.433 e. The van der Waals surface area contributed by atoms with Gasteiger partial charge in [0.05, 0.1) is 17.7 Å². The Morgan fingerprint density at radius 2 is 2.21 bits per heavy atom. The number of carbonyl (C=O) groups excluding carboxylic acids is 1. The highest BCUT2D eigenvalue weighted by Crippen LogP contribution is 2.29. The number of benzene rings is 1. The van der Waals surface area contributed by atoms with Crippen molar-refractivity contribution in [1.82, 2.24) is 9.80 Å². The van der Waals surface area contributed by atoms with Gasteiger partial charge >= 0.3 is 6.61 Å². The molecule has 0 radical (unpaired) electrons. The van der Waals surface area contributed by atoms with E-state index in [1.54, 1.807) is 4.90 Å². The second-order valence-corrected chi connectivity index (χ2v) is 6.52. The lowest BCUT2D eigenvalue weighted by Crippen LogP contribution is -2.59. The maximum Gasteiger partial charge on any atom is 0.387 e.